The van der Waals surface area contributed by atoms with Gasteiger partial charge in [-0.15, -0.1) is 0 Å². The molecule has 0 spiro atoms. The van der Waals surface area contributed by atoms with Gasteiger partial charge in [-0.1, -0.05) is 12.1 Å². The van der Waals surface area contributed by atoms with Crippen LogP contribution in [-0.4, -0.2) is 36.3 Å². The molecule has 0 aliphatic carbocycles. The molecular formula is C18H28N2O3. The molecule has 1 fully saturated rings. The molecule has 0 saturated carbocycles. The Bertz CT molecular complexity index is 555. The van der Waals surface area contributed by atoms with Gasteiger partial charge in [0.25, 0.3) is 0 Å². The predicted molar refractivity (Wildman–Crippen MR) is 91.9 cm³/mol. The van der Waals surface area contributed by atoms with E-state index in [1.54, 1.807) is 0 Å². The van der Waals surface area contributed by atoms with Crippen molar-refractivity contribution in [3.05, 3.63) is 24.3 Å². The standard InChI is InChI=1S/C18H28N2O3/c1-6-22-14-10-8-7-9-13(14)20-16(21)12-19-15-11-17(2,3)23-18(15,4)5/h7-10,15,19H,6,11-12H2,1-5H3,(H,20,21)/t15-/m0/s1. The maximum Gasteiger partial charge on any atom is 0.238 e. The third kappa shape index (κ3) is 4.69. The highest BCUT2D eigenvalue weighted by molar-refractivity contribution is 5.93. The van der Waals surface area contributed by atoms with E-state index >= 15 is 0 Å². The van der Waals surface area contributed by atoms with Gasteiger partial charge in [-0.3, -0.25) is 4.79 Å². The average molecular weight is 320 g/mol. The summed E-state index contributed by atoms with van der Waals surface area (Å²) in [6.45, 7) is 11.0. The summed E-state index contributed by atoms with van der Waals surface area (Å²) in [5, 5.41) is 6.22. The lowest BCUT2D eigenvalue weighted by molar-refractivity contribution is -0.115. The molecule has 1 aliphatic heterocycles. The van der Waals surface area contributed by atoms with E-state index in [9.17, 15) is 4.79 Å². The van der Waals surface area contributed by atoms with Crippen molar-refractivity contribution in [2.75, 3.05) is 18.5 Å². The third-order valence-electron chi connectivity index (χ3n) is 4.04. The third-order valence-corrected chi connectivity index (χ3v) is 4.04. The van der Waals surface area contributed by atoms with Crippen LogP contribution in [0.25, 0.3) is 0 Å². The van der Waals surface area contributed by atoms with Gasteiger partial charge in [0, 0.05) is 6.04 Å². The summed E-state index contributed by atoms with van der Waals surface area (Å²) in [6, 6.07) is 7.60. The summed E-state index contributed by atoms with van der Waals surface area (Å²) in [4.78, 5) is 12.2. The van der Waals surface area contributed by atoms with Crippen molar-refractivity contribution >= 4 is 11.6 Å². The number of carbonyl (C=O) groups is 1. The lowest BCUT2D eigenvalue weighted by Gasteiger charge is -2.27. The lowest BCUT2D eigenvalue weighted by atomic mass is 9.94. The Morgan fingerprint density at radius 3 is 2.61 bits per heavy atom. The fraction of sp³-hybridized carbons (Fsp3) is 0.611. The van der Waals surface area contributed by atoms with Crippen LogP contribution in [0, 0.1) is 0 Å². The van der Waals surface area contributed by atoms with E-state index in [1.807, 2.05) is 31.2 Å². The number of hydrogen-bond donors (Lipinski definition) is 2. The first-order chi connectivity index (χ1) is 10.7. The molecule has 5 heteroatoms. The number of benzene rings is 1. The molecule has 0 bridgehead atoms. The molecule has 1 amide bonds. The number of nitrogens with one attached hydrogen (secondary N) is 2. The molecular weight excluding hydrogens is 292 g/mol. The second kappa shape index (κ2) is 6.89. The molecule has 23 heavy (non-hydrogen) atoms. The molecule has 1 heterocycles. The number of carbonyl (C=O) groups excluding carboxylic acids is 1. The van der Waals surface area contributed by atoms with Gasteiger partial charge in [0.2, 0.25) is 5.91 Å². The maximum atomic E-state index is 12.2. The summed E-state index contributed by atoms with van der Waals surface area (Å²) < 4.78 is 11.6. The zero-order chi connectivity index (χ0) is 17.1. The zero-order valence-electron chi connectivity index (χ0n) is 14.7. The quantitative estimate of drug-likeness (QED) is 0.846. The Labute approximate surface area is 138 Å². The van der Waals surface area contributed by atoms with Gasteiger partial charge >= 0.3 is 0 Å². The fourth-order valence-electron chi connectivity index (χ4n) is 3.14. The van der Waals surface area contributed by atoms with Crippen LogP contribution >= 0.6 is 0 Å². The Hall–Kier alpha value is -1.59. The highest BCUT2D eigenvalue weighted by Crippen LogP contribution is 2.37. The highest BCUT2D eigenvalue weighted by Gasteiger charge is 2.45. The van der Waals surface area contributed by atoms with Crippen LogP contribution in [-0.2, 0) is 9.53 Å². The van der Waals surface area contributed by atoms with E-state index in [0.29, 0.717) is 18.0 Å². The van der Waals surface area contributed by atoms with Gasteiger partial charge in [0.05, 0.1) is 30.0 Å². The first kappa shape index (κ1) is 17.8. The molecule has 1 atom stereocenters. The smallest absolute Gasteiger partial charge is 0.238 e. The van der Waals surface area contributed by atoms with Crippen LogP contribution in [0.15, 0.2) is 24.3 Å². The number of ether oxygens (including phenoxy) is 2. The van der Waals surface area contributed by atoms with E-state index < -0.39 is 0 Å². The van der Waals surface area contributed by atoms with Crippen molar-refractivity contribution in [1.82, 2.24) is 5.32 Å². The van der Waals surface area contributed by atoms with Crippen molar-refractivity contribution in [3.8, 4) is 5.75 Å². The molecule has 2 rings (SSSR count). The van der Waals surface area contributed by atoms with E-state index in [2.05, 4.69) is 38.3 Å². The minimum Gasteiger partial charge on any atom is -0.492 e. The second-order valence-corrected chi connectivity index (χ2v) is 7.08. The van der Waals surface area contributed by atoms with E-state index in [-0.39, 0.29) is 29.7 Å². The summed E-state index contributed by atoms with van der Waals surface area (Å²) in [5.74, 6) is 0.603. The largest absolute Gasteiger partial charge is 0.492 e. The van der Waals surface area contributed by atoms with Crippen LogP contribution in [0.3, 0.4) is 0 Å². The molecule has 2 N–H and O–H groups in total. The highest BCUT2D eigenvalue weighted by atomic mass is 16.5. The Kier molecular flexibility index (Phi) is 5.32. The van der Waals surface area contributed by atoms with Crippen LogP contribution in [0.5, 0.6) is 5.75 Å². The van der Waals surface area contributed by atoms with Crippen molar-refractivity contribution < 1.29 is 14.3 Å². The summed E-state index contributed by atoms with van der Waals surface area (Å²) in [7, 11) is 0. The number of para-hydroxylation sites is 2. The molecule has 1 aromatic rings. The summed E-state index contributed by atoms with van der Waals surface area (Å²) in [5.41, 5.74) is 0.245. The SMILES string of the molecule is CCOc1ccccc1NC(=O)CN[C@H]1CC(C)(C)OC1(C)C. The Morgan fingerprint density at radius 1 is 1.30 bits per heavy atom. The van der Waals surface area contributed by atoms with Crippen LogP contribution < -0.4 is 15.4 Å². The van der Waals surface area contributed by atoms with Crippen molar-refractivity contribution in [1.29, 1.82) is 0 Å². The second-order valence-electron chi connectivity index (χ2n) is 7.08. The molecule has 0 aromatic heterocycles. The van der Waals surface area contributed by atoms with Crippen molar-refractivity contribution in [2.45, 2.75) is 58.3 Å². The van der Waals surface area contributed by atoms with Gasteiger partial charge in [0.1, 0.15) is 5.75 Å². The predicted octanol–water partition coefficient (Wildman–Crippen LogP) is 2.96. The van der Waals surface area contributed by atoms with Crippen molar-refractivity contribution in [2.24, 2.45) is 0 Å². The van der Waals surface area contributed by atoms with Gasteiger partial charge in [-0.2, -0.15) is 0 Å². The van der Waals surface area contributed by atoms with Crippen LogP contribution in [0.2, 0.25) is 0 Å². The normalized spacial score (nSPS) is 21.9. The van der Waals surface area contributed by atoms with Crippen LogP contribution in [0.4, 0.5) is 5.69 Å². The van der Waals surface area contributed by atoms with E-state index in [1.165, 1.54) is 0 Å². The zero-order valence-corrected chi connectivity index (χ0v) is 14.7. The monoisotopic (exact) mass is 320 g/mol. The summed E-state index contributed by atoms with van der Waals surface area (Å²) in [6.07, 6.45) is 0.878. The average Bonchev–Trinajstić information content (AvgIpc) is 2.66. The Morgan fingerprint density at radius 2 is 2.00 bits per heavy atom. The van der Waals surface area contributed by atoms with E-state index in [0.717, 1.165) is 6.42 Å². The molecule has 128 valence electrons. The van der Waals surface area contributed by atoms with Gasteiger partial charge in [-0.25, -0.2) is 0 Å². The number of anilines is 1. The molecule has 0 radical (unpaired) electrons. The molecule has 1 aliphatic rings. The number of hydrogen-bond acceptors (Lipinski definition) is 4. The summed E-state index contributed by atoms with van der Waals surface area (Å²) >= 11 is 0. The lowest BCUT2D eigenvalue weighted by Crippen LogP contribution is -2.46. The minimum atomic E-state index is -0.285. The number of amides is 1. The Balaban J connectivity index is 1.91. The topological polar surface area (TPSA) is 59.6 Å². The molecule has 1 aromatic carbocycles. The first-order valence-corrected chi connectivity index (χ1v) is 8.19. The van der Waals surface area contributed by atoms with Gasteiger partial charge in [-0.05, 0) is 53.2 Å². The maximum absolute atomic E-state index is 12.2. The van der Waals surface area contributed by atoms with E-state index in [4.69, 9.17) is 9.47 Å². The first-order valence-electron chi connectivity index (χ1n) is 8.19. The fourth-order valence-corrected chi connectivity index (χ4v) is 3.14. The molecule has 0 unspecified atom stereocenters. The van der Waals surface area contributed by atoms with Crippen molar-refractivity contribution in [3.63, 3.8) is 0 Å². The molecule has 5 nitrogen and oxygen atoms in total. The van der Waals surface area contributed by atoms with Crippen LogP contribution in [0.1, 0.15) is 41.0 Å². The number of rotatable bonds is 6. The molecule has 1 saturated heterocycles. The van der Waals surface area contributed by atoms with Gasteiger partial charge < -0.3 is 20.1 Å². The van der Waals surface area contributed by atoms with Gasteiger partial charge in [0.15, 0.2) is 0 Å². The minimum absolute atomic E-state index is 0.0855.